The van der Waals surface area contributed by atoms with Crippen LogP contribution in [0.15, 0.2) is 30.3 Å². The third kappa shape index (κ3) is 17.3. The molecule has 0 aromatic heterocycles. The molecule has 0 nitrogen and oxygen atoms in total. The molecule has 0 aliphatic heterocycles. The number of rotatable bonds is 8. The van der Waals surface area contributed by atoms with Gasteiger partial charge in [0.25, 0.3) is 0 Å². The van der Waals surface area contributed by atoms with Crippen molar-refractivity contribution in [3.05, 3.63) is 55.7 Å². The molecule has 1 aromatic rings. The van der Waals surface area contributed by atoms with Gasteiger partial charge in [-0.1, -0.05) is 129 Å². The van der Waals surface area contributed by atoms with Gasteiger partial charge in [0.15, 0.2) is 0 Å². The summed E-state index contributed by atoms with van der Waals surface area (Å²) in [6.45, 7) is 31.8. The minimum Gasteiger partial charge on any atom is -0.0988 e. The first-order chi connectivity index (χ1) is 13.4. The molecule has 0 N–H and O–H groups in total. The summed E-state index contributed by atoms with van der Waals surface area (Å²) in [5.74, 6) is 0. The number of benzene rings is 1. The van der Waals surface area contributed by atoms with Gasteiger partial charge in [-0.25, -0.2) is 0 Å². The fraction of sp³-hybridized carbons (Fsp3) is 0.667. The zero-order chi connectivity index (χ0) is 23.1. The van der Waals surface area contributed by atoms with Crippen LogP contribution in [0.5, 0.6) is 0 Å². The average Bonchev–Trinajstić information content (AvgIpc) is 2.54. The molecule has 0 spiro atoms. The Hall–Kier alpha value is 0.703. The van der Waals surface area contributed by atoms with E-state index in [9.17, 15) is 0 Å². The third-order valence-electron chi connectivity index (χ3n) is 4.69. The monoisotopic (exact) mass is 540 g/mol. The zero-order valence-electron chi connectivity index (χ0n) is 21.9. The van der Waals surface area contributed by atoms with E-state index in [1.54, 1.807) is 6.42 Å². The van der Waals surface area contributed by atoms with E-state index in [4.69, 9.17) is 0 Å². The predicted molar refractivity (Wildman–Crippen MR) is 144 cm³/mol. The molecule has 0 amide bonds. The third-order valence-corrected chi connectivity index (χ3v) is 11.8. The minimum atomic E-state index is 0. The Bertz CT molecular complexity index is 405. The summed E-state index contributed by atoms with van der Waals surface area (Å²) in [4.78, 5) is 0. The van der Waals surface area contributed by atoms with Crippen LogP contribution in [0.4, 0.5) is 0 Å². The van der Waals surface area contributed by atoms with Gasteiger partial charge in [-0.15, -0.1) is 0 Å². The van der Waals surface area contributed by atoms with E-state index in [1.165, 1.54) is 5.56 Å². The molecule has 0 fully saturated rings. The van der Waals surface area contributed by atoms with Crippen molar-refractivity contribution < 1.29 is 19.5 Å². The van der Waals surface area contributed by atoms with E-state index in [0.717, 1.165) is 34.0 Å². The van der Waals surface area contributed by atoms with E-state index in [1.807, 2.05) is 36.8 Å². The maximum Gasteiger partial charge on any atom is 0 e. The smallest absolute Gasteiger partial charge is 0 e. The fourth-order valence-corrected chi connectivity index (χ4v) is 11.4. The van der Waals surface area contributed by atoms with Crippen molar-refractivity contribution in [2.75, 3.05) is 0 Å². The topological polar surface area (TPSA) is 0 Å². The molecule has 0 saturated carbocycles. The van der Waals surface area contributed by atoms with Gasteiger partial charge in [-0.3, -0.25) is 0 Å². The zero-order valence-corrected chi connectivity index (χ0v) is 25.4. The Morgan fingerprint density at radius 3 is 1.00 bits per heavy atom. The van der Waals surface area contributed by atoms with Crippen LogP contribution in [0.1, 0.15) is 88.6 Å². The van der Waals surface area contributed by atoms with Crippen LogP contribution in [0.3, 0.4) is 0 Å². The van der Waals surface area contributed by atoms with Crippen LogP contribution in [-0.2, 0) is 19.5 Å². The Labute approximate surface area is 207 Å². The van der Waals surface area contributed by atoms with Crippen molar-refractivity contribution in [1.29, 1.82) is 0 Å². The van der Waals surface area contributed by atoms with Gasteiger partial charge >= 0.3 is 0 Å². The van der Waals surface area contributed by atoms with E-state index in [0.29, 0.717) is 0 Å². The molecule has 0 aliphatic carbocycles. The average molecular weight is 541 g/mol. The summed E-state index contributed by atoms with van der Waals surface area (Å²) in [7, 11) is 0.525. The van der Waals surface area contributed by atoms with Gasteiger partial charge in [0.2, 0.25) is 0 Å². The van der Waals surface area contributed by atoms with E-state index in [-0.39, 0.29) is 35.3 Å². The molecule has 3 heteroatoms. The van der Waals surface area contributed by atoms with Crippen molar-refractivity contribution in [2.24, 2.45) is 0 Å². The summed E-state index contributed by atoms with van der Waals surface area (Å²) < 4.78 is 0. The maximum atomic E-state index is 3.60. The second-order valence-electron chi connectivity index (χ2n) is 9.27. The van der Waals surface area contributed by atoms with Gasteiger partial charge in [0, 0.05) is 19.5 Å². The first-order valence-electron chi connectivity index (χ1n) is 11.4. The summed E-state index contributed by atoms with van der Waals surface area (Å²) in [6.07, 6.45) is 3.76. The molecule has 178 valence electrons. The quantitative estimate of drug-likeness (QED) is 0.227. The number of hydrogen-bond donors (Lipinski definition) is 0. The maximum absolute atomic E-state index is 3.60. The Morgan fingerprint density at radius 2 is 0.833 bits per heavy atom. The molecular weight excluding hydrogens is 489 g/mol. The van der Waals surface area contributed by atoms with Crippen LogP contribution in [0.25, 0.3) is 0 Å². The van der Waals surface area contributed by atoms with Crippen LogP contribution in [0, 0.1) is 19.8 Å². The molecule has 4 radical (unpaired) electrons. The summed E-state index contributed by atoms with van der Waals surface area (Å²) in [5.41, 5.74) is 6.59. The van der Waals surface area contributed by atoms with Gasteiger partial charge in [0.1, 0.15) is 0 Å². The van der Waals surface area contributed by atoms with Gasteiger partial charge in [-0.05, 0) is 59.3 Å². The molecular formula is C27H51P2Rh. The molecule has 1 aromatic carbocycles. The first kappa shape index (κ1) is 35.3. The van der Waals surface area contributed by atoms with Gasteiger partial charge < -0.3 is 0 Å². The Balaban J connectivity index is -0.000000359. The number of hydrogen-bond acceptors (Lipinski definition) is 0. The Morgan fingerprint density at radius 1 is 0.567 bits per heavy atom. The Kier molecular flexibility index (Phi) is 23.9. The van der Waals surface area contributed by atoms with E-state index >= 15 is 0 Å². The SMILES string of the molecule is CC(C)P(C(C)C)C(C)C.CC(C)P(C(C)C)C(C)C.[CH2][CH][CH]c1ccccc1.[Rh]. The molecule has 0 unspecified atom stereocenters. The van der Waals surface area contributed by atoms with Crippen molar-refractivity contribution in [2.45, 2.75) is 117 Å². The summed E-state index contributed by atoms with van der Waals surface area (Å²) in [5, 5.41) is 0. The van der Waals surface area contributed by atoms with Crippen molar-refractivity contribution in [3.63, 3.8) is 0 Å². The largest absolute Gasteiger partial charge is 0.0988 e. The summed E-state index contributed by atoms with van der Waals surface area (Å²) in [6, 6.07) is 10.1. The van der Waals surface area contributed by atoms with Crippen molar-refractivity contribution in [1.82, 2.24) is 0 Å². The van der Waals surface area contributed by atoms with Gasteiger partial charge in [0.05, 0.1) is 0 Å². The first-order valence-corrected chi connectivity index (χ1v) is 14.5. The van der Waals surface area contributed by atoms with Crippen molar-refractivity contribution >= 4 is 15.8 Å². The molecule has 30 heavy (non-hydrogen) atoms. The van der Waals surface area contributed by atoms with Crippen LogP contribution in [0.2, 0.25) is 0 Å². The normalized spacial score (nSPS) is 11.2. The molecule has 0 atom stereocenters. The molecule has 0 saturated heterocycles. The minimum absolute atomic E-state index is 0. The van der Waals surface area contributed by atoms with E-state index in [2.05, 4.69) is 90.0 Å². The molecule has 0 bridgehead atoms. The van der Waals surface area contributed by atoms with Crippen molar-refractivity contribution in [3.8, 4) is 0 Å². The molecule has 0 aliphatic rings. The standard InChI is InChI=1S/2C9H21P.C9H9.Rh/c2*1-7(2)10(8(3)4)9(5)6;1-2-6-9-7-4-3-5-8-9;/h2*7-9H,1-6H3;2-8H,1H2;. The van der Waals surface area contributed by atoms with Crippen LogP contribution < -0.4 is 0 Å². The molecule has 0 heterocycles. The predicted octanol–water partition coefficient (Wildman–Crippen LogP) is 9.66. The van der Waals surface area contributed by atoms with Gasteiger partial charge in [-0.2, -0.15) is 0 Å². The fourth-order valence-electron chi connectivity index (χ4n) is 4.28. The van der Waals surface area contributed by atoms with Crippen LogP contribution in [-0.4, -0.2) is 34.0 Å². The van der Waals surface area contributed by atoms with Crippen LogP contribution >= 0.6 is 15.8 Å². The van der Waals surface area contributed by atoms with E-state index < -0.39 is 0 Å². The second kappa shape index (κ2) is 20.3. The molecule has 1 rings (SSSR count). The second-order valence-corrected chi connectivity index (χ2v) is 17.3. The summed E-state index contributed by atoms with van der Waals surface area (Å²) >= 11 is 0.